The molecule has 55 heavy (non-hydrogen) atoms. The van der Waals surface area contributed by atoms with Crippen molar-refractivity contribution in [3.05, 3.63) is 151 Å². The predicted octanol–water partition coefficient (Wildman–Crippen LogP) is 8.88. The topological polar surface area (TPSA) is 167 Å². The fourth-order valence-corrected chi connectivity index (χ4v) is 8.26. The number of nitro benzene ring substituents is 2. The van der Waals surface area contributed by atoms with Gasteiger partial charge in [0.05, 0.1) is 37.9 Å². The molecule has 280 valence electrons. The first kappa shape index (κ1) is 36.9. The fraction of sp³-hybridized carbons (Fsp3) is 0.279. The third kappa shape index (κ3) is 6.37. The number of rotatable bonds is 12. The number of unbranched alkanes of at least 4 members (excludes halogenated alkanes) is 2. The molecule has 2 N–H and O–H groups in total. The van der Waals surface area contributed by atoms with Gasteiger partial charge in [-0.1, -0.05) is 62.4 Å². The van der Waals surface area contributed by atoms with E-state index in [2.05, 4.69) is 42.7 Å². The lowest BCUT2D eigenvalue weighted by molar-refractivity contribution is -0.436. The van der Waals surface area contributed by atoms with Gasteiger partial charge in [-0.15, -0.1) is 0 Å². The largest absolute Gasteiger partial charge is 0.506 e. The maximum atomic E-state index is 14.1. The molecule has 0 amide bonds. The van der Waals surface area contributed by atoms with Crippen molar-refractivity contribution in [1.82, 2.24) is 0 Å². The number of allylic oxidation sites excluding steroid dienone is 5. The number of non-ortho nitro benzene ring substituents is 2. The highest BCUT2D eigenvalue weighted by Gasteiger charge is 2.48. The lowest BCUT2D eigenvalue weighted by atomic mass is 9.77. The highest BCUT2D eigenvalue weighted by atomic mass is 16.6. The van der Waals surface area contributed by atoms with Gasteiger partial charge in [0.25, 0.3) is 11.4 Å². The number of nitro groups is 2. The van der Waals surface area contributed by atoms with Gasteiger partial charge in [0.15, 0.2) is 5.71 Å². The van der Waals surface area contributed by atoms with E-state index in [1.165, 1.54) is 12.1 Å². The molecule has 2 heterocycles. The maximum absolute atomic E-state index is 14.1. The van der Waals surface area contributed by atoms with E-state index in [0.29, 0.717) is 30.6 Å². The van der Waals surface area contributed by atoms with Crippen molar-refractivity contribution in [2.45, 2.75) is 70.8 Å². The summed E-state index contributed by atoms with van der Waals surface area (Å²) in [4.78, 5) is 49.2. The first-order valence-electron chi connectivity index (χ1n) is 18.2. The first-order chi connectivity index (χ1) is 26.1. The maximum Gasteiger partial charge on any atom is 0.303 e. The number of carboxylic acids is 1. The van der Waals surface area contributed by atoms with Gasteiger partial charge in [-0.3, -0.25) is 29.8 Å². The van der Waals surface area contributed by atoms with Crippen molar-refractivity contribution in [2.75, 3.05) is 11.4 Å². The lowest BCUT2D eigenvalue weighted by Crippen LogP contribution is -2.32. The molecule has 0 fully saturated rings. The molecule has 0 bridgehead atoms. The molecule has 0 spiro atoms. The van der Waals surface area contributed by atoms with Gasteiger partial charge >= 0.3 is 5.97 Å². The third-order valence-electron chi connectivity index (χ3n) is 11.1. The second-order valence-electron chi connectivity index (χ2n) is 15.3. The van der Waals surface area contributed by atoms with Crippen molar-refractivity contribution in [3.8, 4) is 0 Å². The standard InChI is InChI=1S/C43H40N4O8/c1-42(2)33-14-9-10-15-35(33)45(25-26-20-28(46(52)53)22-29(21-26)47(54)55)37(42)24-32-40(50)31(41(32)51)23-36-43(3,4)34-18-17-27-12-7-8-13-30(27)39(34)44(36)19-11-5-6-16-38(48)49/h7-10,12-15,17-18,20-24H,5-6,11,16,19,25H2,1-4H3,(H-,48,49,50,51)/p+1. The van der Waals surface area contributed by atoms with Crippen molar-refractivity contribution in [3.63, 3.8) is 0 Å². The average molecular weight is 742 g/mol. The van der Waals surface area contributed by atoms with Gasteiger partial charge in [-0.25, -0.2) is 0 Å². The van der Waals surface area contributed by atoms with Crippen molar-refractivity contribution in [2.24, 2.45) is 0 Å². The summed E-state index contributed by atoms with van der Waals surface area (Å²) >= 11 is 0. The number of aliphatic hydroxyl groups is 1. The Bertz CT molecular complexity index is 2440. The molecule has 1 aliphatic carbocycles. The van der Waals surface area contributed by atoms with Gasteiger partial charge in [-0.2, -0.15) is 4.58 Å². The number of ketones is 1. The summed E-state index contributed by atoms with van der Waals surface area (Å²) in [5.74, 6) is -1.32. The number of fused-ring (bicyclic) bond motifs is 4. The molecule has 12 nitrogen and oxygen atoms in total. The minimum absolute atomic E-state index is 0.0412. The predicted molar refractivity (Wildman–Crippen MR) is 209 cm³/mol. The number of benzene rings is 4. The second kappa shape index (κ2) is 13.8. The minimum atomic E-state index is -0.826. The first-order valence-corrected chi connectivity index (χ1v) is 18.2. The number of Topliss-reactive ketones (excluding diaryl/α,β-unsaturated/α-hetero) is 1. The molecular weight excluding hydrogens is 700 g/mol. The number of para-hydroxylation sites is 1. The van der Waals surface area contributed by atoms with E-state index in [4.69, 9.17) is 5.11 Å². The summed E-state index contributed by atoms with van der Waals surface area (Å²) in [6.07, 6.45) is 5.54. The number of hydrogen-bond donors (Lipinski definition) is 2. The molecule has 0 atom stereocenters. The van der Waals surface area contributed by atoms with Crippen LogP contribution in [-0.2, 0) is 27.0 Å². The van der Waals surface area contributed by atoms with Crippen LogP contribution in [0.1, 0.15) is 70.1 Å². The minimum Gasteiger partial charge on any atom is -0.506 e. The van der Waals surface area contributed by atoms with Crippen molar-refractivity contribution < 1.29 is 34.2 Å². The van der Waals surface area contributed by atoms with E-state index in [0.717, 1.165) is 51.5 Å². The summed E-state index contributed by atoms with van der Waals surface area (Å²) in [5, 5.41) is 46.3. The van der Waals surface area contributed by atoms with Crippen LogP contribution in [0.15, 0.2) is 114 Å². The Labute approximate surface area is 317 Å². The van der Waals surface area contributed by atoms with E-state index in [1.807, 2.05) is 55.1 Å². The molecule has 4 aromatic rings. The van der Waals surface area contributed by atoms with E-state index in [1.54, 1.807) is 12.2 Å². The number of anilines is 1. The Hall–Kier alpha value is -6.43. The molecule has 12 heteroatoms. The molecule has 0 radical (unpaired) electrons. The normalized spacial score (nSPS) is 18.3. The zero-order valence-electron chi connectivity index (χ0n) is 31.0. The monoisotopic (exact) mass is 741 g/mol. The quantitative estimate of drug-likeness (QED) is 0.0474. The van der Waals surface area contributed by atoms with Crippen molar-refractivity contribution in [1.29, 1.82) is 0 Å². The molecule has 7 rings (SSSR count). The Morgan fingerprint density at radius 2 is 1.51 bits per heavy atom. The molecule has 2 aliphatic heterocycles. The molecule has 0 unspecified atom stereocenters. The fourth-order valence-electron chi connectivity index (χ4n) is 8.26. The lowest BCUT2D eigenvalue weighted by Gasteiger charge is -2.29. The van der Waals surface area contributed by atoms with Gasteiger partial charge < -0.3 is 15.1 Å². The highest BCUT2D eigenvalue weighted by Crippen LogP contribution is 2.50. The summed E-state index contributed by atoms with van der Waals surface area (Å²) in [5.41, 5.74) is 3.96. The van der Waals surface area contributed by atoms with Crippen LogP contribution in [0.3, 0.4) is 0 Å². The smallest absolute Gasteiger partial charge is 0.303 e. The van der Waals surface area contributed by atoms with Crippen LogP contribution in [-0.4, -0.2) is 48.6 Å². The number of hydrogen-bond acceptors (Lipinski definition) is 8. The Morgan fingerprint density at radius 1 is 0.836 bits per heavy atom. The van der Waals surface area contributed by atoms with Crippen molar-refractivity contribution >= 4 is 51.0 Å². The molecule has 4 aromatic carbocycles. The van der Waals surface area contributed by atoms with Crippen LogP contribution >= 0.6 is 0 Å². The van der Waals surface area contributed by atoms with Crippen LogP contribution in [0.25, 0.3) is 10.8 Å². The zero-order valence-corrected chi connectivity index (χ0v) is 31.0. The Kier molecular flexibility index (Phi) is 9.24. The molecule has 3 aliphatic rings. The van der Waals surface area contributed by atoms with E-state index in [9.17, 15) is 34.9 Å². The summed E-state index contributed by atoms with van der Waals surface area (Å²) < 4.78 is 2.21. The van der Waals surface area contributed by atoms with E-state index in [-0.39, 0.29) is 35.7 Å². The molecule has 0 saturated carbocycles. The van der Waals surface area contributed by atoms with Gasteiger partial charge in [0.1, 0.15) is 12.3 Å². The third-order valence-corrected chi connectivity index (χ3v) is 11.1. The SMILES string of the molecule is CC1(C)C(/C=C2\C(=O)C(/C=C3/N(Cc4cc([N+](=O)[O-])cc([N+](=O)[O-])c4)c4ccccc4C3(C)C)=C2O)=[N+](CCCCCC(=O)O)c2c1ccc1ccccc21. The second-order valence-corrected chi connectivity index (χ2v) is 15.3. The Balaban J connectivity index is 1.31. The summed E-state index contributed by atoms with van der Waals surface area (Å²) in [6, 6.07) is 23.5. The van der Waals surface area contributed by atoms with Gasteiger partial charge in [-0.05, 0) is 61.4 Å². The van der Waals surface area contributed by atoms with Gasteiger partial charge in [0, 0.05) is 60.0 Å². The summed E-state index contributed by atoms with van der Waals surface area (Å²) in [7, 11) is 0. The number of nitrogens with zero attached hydrogens (tertiary/aromatic N) is 4. The average Bonchev–Trinajstić information content (AvgIpc) is 3.50. The van der Waals surface area contributed by atoms with Crippen LogP contribution in [0.2, 0.25) is 0 Å². The number of carboxylic acid groups (broad SMARTS) is 1. The van der Waals surface area contributed by atoms with Crippen LogP contribution in [0.5, 0.6) is 0 Å². The Morgan fingerprint density at radius 3 is 2.18 bits per heavy atom. The molecule has 0 aromatic heterocycles. The highest BCUT2D eigenvalue weighted by molar-refractivity contribution is 6.24. The van der Waals surface area contributed by atoms with Crippen LogP contribution < -0.4 is 4.90 Å². The number of carbonyl (C=O) groups excluding carboxylic acids is 1. The van der Waals surface area contributed by atoms with Crippen LogP contribution in [0, 0.1) is 20.2 Å². The van der Waals surface area contributed by atoms with Gasteiger partial charge in [0.2, 0.25) is 11.5 Å². The number of aliphatic hydroxyl groups excluding tert-OH is 1. The zero-order chi connectivity index (χ0) is 39.4. The molecular formula is C43H41N4O8+. The van der Waals surface area contributed by atoms with E-state index >= 15 is 0 Å². The number of aliphatic carboxylic acids is 1. The summed E-state index contributed by atoms with van der Waals surface area (Å²) in [6.45, 7) is 8.79. The van der Waals surface area contributed by atoms with E-state index < -0.39 is 38.0 Å². The van der Waals surface area contributed by atoms with Crippen LogP contribution in [0.4, 0.5) is 22.7 Å². The molecule has 0 saturated heterocycles. The number of carbonyl (C=O) groups is 2.